The van der Waals surface area contributed by atoms with E-state index in [1.54, 1.807) is 11.8 Å². The van der Waals surface area contributed by atoms with Crippen LogP contribution in [0.1, 0.15) is 32.1 Å². The molecular formula is C15H20ClNOS. The lowest BCUT2D eigenvalue weighted by atomic mass is 9.94. The molecule has 1 aromatic rings. The molecule has 2 rings (SSSR count). The molecule has 0 radical (unpaired) electrons. The fourth-order valence-corrected chi connectivity index (χ4v) is 3.40. The third-order valence-corrected chi connectivity index (χ3v) is 4.94. The van der Waals surface area contributed by atoms with Crippen molar-refractivity contribution in [2.24, 2.45) is 0 Å². The summed E-state index contributed by atoms with van der Waals surface area (Å²) >= 11 is 7.42. The first-order valence-electron chi connectivity index (χ1n) is 6.81. The van der Waals surface area contributed by atoms with Crippen LogP contribution in [0.2, 0.25) is 5.02 Å². The van der Waals surface area contributed by atoms with E-state index in [9.17, 15) is 4.79 Å². The molecule has 1 aromatic carbocycles. The van der Waals surface area contributed by atoms with Crippen LogP contribution < -0.4 is 0 Å². The Labute approximate surface area is 124 Å². The van der Waals surface area contributed by atoms with Crippen molar-refractivity contribution in [1.82, 2.24) is 4.90 Å². The number of rotatable bonds is 4. The molecule has 4 heteroatoms. The van der Waals surface area contributed by atoms with Crippen LogP contribution in [0.4, 0.5) is 0 Å². The Morgan fingerprint density at radius 2 is 1.89 bits per heavy atom. The van der Waals surface area contributed by atoms with Gasteiger partial charge in [0.1, 0.15) is 0 Å². The zero-order chi connectivity index (χ0) is 13.7. The van der Waals surface area contributed by atoms with Crippen LogP contribution >= 0.6 is 23.4 Å². The van der Waals surface area contributed by atoms with Crippen molar-refractivity contribution in [3.8, 4) is 0 Å². The first-order valence-corrected chi connectivity index (χ1v) is 8.17. The van der Waals surface area contributed by atoms with Gasteiger partial charge in [-0.3, -0.25) is 4.79 Å². The van der Waals surface area contributed by atoms with E-state index in [-0.39, 0.29) is 5.91 Å². The van der Waals surface area contributed by atoms with Crippen molar-refractivity contribution in [3.05, 3.63) is 29.3 Å². The minimum atomic E-state index is 0.229. The van der Waals surface area contributed by atoms with Crippen molar-refractivity contribution in [2.45, 2.75) is 43.0 Å². The van der Waals surface area contributed by atoms with E-state index in [0.29, 0.717) is 11.8 Å². The SMILES string of the molecule is CN(C(=O)CSc1ccc(Cl)cc1)C1CCCCC1. The average molecular weight is 298 g/mol. The molecule has 1 aliphatic rings. The van der Waals surface area contributed by atoms with Crippen molar-refractivity contribution in [2.75, 3.05) is 12.8 Å². The fourth-order valence-electron chi connectivity index (χ4n) is 2.45. The molecule has 0 spiro atoms. The first kappa shape index (κ1) is 14.7. The maximum Gasteiger partial charge on any atom is 0.232 e. The highest BCUT2D eigenvalue weighted by Gasteiger charge is 2.21. The lowest BCUT2D eigenvalue weighted by Gasteiger charge is -2.31. The molecule has 2 nitrogen and oxygen atoms in total. The Bertz CT molecular complexity index is 415. The molecule has 0 heterocycles. The van der Waals surface area contributed by atoms with Gasteiger partial charge in [-0.2, -0.15) is 0 Å². The molecule has 0 bridgehead atoms. The molecule has 0 N–H and O–H groups in total. The van der Waals surface area contributed by atoms with Gasteiger partial charge in [0.05, 0.1) is 5.75 Å². The van der Waals surface area contributed by atoms with E-state index < -0.39 is 0 Å². The van der Waals surface area contributed by atoms with E-state index in [1.165, 1.54) is 19.3 Å². The van der Waals surface area contributed by atoms with Gasteiger partial charge in [0, 0.05) is 23.0 Å². The maximum atomic E-state index is 12.2. The van der Waals surface area contributed by atoms with Crippen LogP contribution in [0.3, 0.4) is 0 Å². The molecule has 0 saturated heterocycles. The van der Waals surface area contributed by atoms with E-state index in [4.69, 9.17) is 11.6 Å². The van der Waals surface area contributed by atoms with E-state index in [2.05, 4.69) is 0 Å². The van der Waals surface area contributed by atoms with Crippen molar-refractivity contribution < 1.29 is 4.79 Å². The van der Waals surface area contributed by atoms with Gasteiger partial charge in [0.25, 0.3) is 0 Å². The van der Waals surface area contributed by atoms with Gasteiger partial charge in [-0.25, -0.2) is 0 Å². The van der Waals surface area contributed by atoms with Gasteiger partial charge in [0.15, 0.2) is 0 Å². The lowest BCUT2D eigenvalue weighted by Crippen LogP contribution is -2.39. The predicted octanol–water partition coefficient (Wildman–Crippen LogP) is 4.22. The lowest BCUT2D eigenvalue weighted by molar-refractivity contribution is -0.129. The molecule has 104 valence electrons. The Balaban J connectivity index is 1.81. The fraction of sp³-hybridized carbons (Fsp3) is 0.533. The minimum Gasteiger partial charge on any atom is -0.342 e. The zero-order valence-electron chi connectivity index (χ0n) is 11.3. The summed E-state index contributed by atoms with van der Waals surface area (Å²) in [7, 11) is 1.95. The highest BCUT2D eigenvalue weighted by Crippen LogP contribution is 2.24. The van der Waals surface area contributed by atoms with Crippen molar-refractivity contribution in [1.29, 1.82) is 0 Å². The first-order chi connectivity index (χ1) is 9.16. The van der Waals surface area contributed by atoms with Crippen LogP contribution in [0.25, 0.3) is 0 Å². The molecule has 0 atom stereocenters. The summed E-state index contributed by atoms with van der Waals surface area (Å²) in [6, 6.07) is 8.09. The van der Waals surface area contributed by atoms with Crippen molar-refractivity contribution >= 4 is 29.3 Å². The predicted molar refractivity (Wildman–Crippen MR) is 81.8 cm³/mol. The maximum absolute atomic E-state index is 12.2. The molecular weight excluding hydrogens is 278 g/mol. The summed E-state index contributed by atoms with van der Waals surface area (Å²) in [5, 5.41) is 0.731. The second-order valence-electron chi connectivity index (χ2n) is 5.04. The van der Waals surface area contributed by atoms with Crippen molar-refractivity contribution in [3.63, 3.8) is 0 Å². The Morgan fingerprint density at radius 3 is 2.53 bits per heavy atom. The topological polar surface area (TPSA) is 20.3 Å². The Hall–Kier alpha value is -0.670. The van der Waals surface area contributed by atoms with Gasteiger partial charge in [-0.1, -0.05) is 30.9 Å². The molecule has 19 heavy (non-hydrogen) atoms. The number of carbonyl (C=O) groups is 1. The highest BCUT2D eigenvalue weighted by atomic mass is 35.5. The molecule has 1 amide bonds. The standard InChI is InChI=1S/C15H20ClNOS/c1-17(13-5-3-2-4-6-13)15(18)11-19-14-9-7-12(16)8-10-14/h7-10,13H,2-6,11H2,1H3. The summed E-state index contributed by atoms with van der Waals surface area (Å²) in [6.45, 7) is 0. The second kappa shape index (κ2) is 7.20. The number of benzene rings is 1. The smallest absolute Gasteiger partial charge is 0.232 e. The van der Waals surface area contributed by atoms with Gasteiger partial charge in [-0.15, -0.1) is 11.8 Å². The van der Waals surface area contributed by atoms with E-state index in [1.807, 2.05) is 36.2 Å². The second-order valence-corrected chi connectivity index (χ2v) is 6.52. The number of thioether (sulfide) groups is 1. The quantitative estimate of drug-likeness (QED) is 0.775. The molecule has 0 aliphatic heterocycles. The molecule has 1 fully saturated rings. The summed E-state index contributed by atoms with van der Waals surface area (Å²) in [6.07, 6.45) is 6.15. The summed E-state index contributed by atoms with van der Waals surface area (Å²) < 4.78 is 0. The highest BCUT2D eigenvalue weighted by molar-refractivity contribution is 8.00. The van der Waals surface area contributed by atoms with E-state index >= 15 is 0 Å². The third kappa shape index (κ3) is 4.43. The molecule has 0 unspecified atom stereocenters. The molecule has 1 saturated carbocycles. The minimum absolute atomic E-state index is 0.229. The van der Waals surface area contributed by atoms with E-state index in [0.717, 1.165) is 22.8 Å². The normalized spacial score (nSPS) is 16.3. The van der Waals surface area contributed by atoms with Crippen LogP contribution in [0, 0.1) is 0 Å². The number of nitrogens with zero attached hydrogens (tertiary/aromatic N) is 1. The molecule has 0 aromatic heterocycles. The summed E-state index contributed by atoms with van der Waals surface area (Å²) in [4.78, 5) is 15.2. The number of hydrogen-bond acceptors (Lipinski definition) is 2. The Morgan fingerprint density at radius 1 is 1.26 bits per heavy atom. The Kier molecular flexibility index (Phi) is 5.59. The number of amides is 1. The van der Waals surface area contributed by atoms with Gasteiger partial charge in [0.2, 0.25) is 5.91 Å². The zero-order valence-corrected chi connectivity index (χ0v) is 12.8. The third-order valence-electron chi connectivity index (χ3n) is 3.69. The van der Waals surface area contributed by atoms with Crippen LogP contribution in [0.15, 0.2) is 29.2 Å². The summed E-state index contributed by atoms with van der Waals surface area (Å²) in [5.74, 6) is 0.737. The number of halogens is 1. The van der Waals surface area contributed by atoms with Crippen LogP contribution in [-0.4, -0.2) is 29.6 Å². The van der Waals surface area contributed by atoms with Gasteiger partial charge < -0.3 is 4.90 Å². The van der Waals surface area contributed by atoms with Gasteiger partial charge in [-0.05, 0) is 37.1 Å². The van der Waals surface area contributed by atoms with Gasteiger partial charge >= 0.3 is 0 Å². The van der Waals surface area contributed by atoms with Crippen LogP contribution in [0.5, 0.6) is 0 Å². The number of hydrogen-bond donors (Lipinski definition) is 0. The largest absolute Gasteiger partial charge is 0.342 e. The summed E-state index contributed by atoms with van der Waals surface area (Å²) in [5.41, 5.74) is 0. The number of carbonyl (C=O) groups excluding carboxylic acids is 1. The van der Waals surface area contributed by atoms with Crippen LogP contribution in [-0.2, 0) is 4.79 Å². The molecule has 1 aliphatic carbocycles. The monoisotopic (exact) mass is 297 g/mol. The average Bonchev–Trinajstić information content (AvgIpc) is 2.46.